The highest BCUT2D eigenvalue weighted by atomic mass is 16.5. The number of benzene rings is 2. The van der Waals surface area contributed by atoms with Crippen LogP contribution < -0.4 is 15.2 Å². The van der Waals surface area contributed by atoms with E-state index in [0.29, 0.717) is 22.9 Å². The van der Waals surface area contributed by atoms with E-state index in [2.05, 4.69) is 4.98 Å². The summed E-state index contributed by atoms with van der Waals surface area (Å²) >= 11 is 0. The highest BCUT2D eigenvalue weighted by Crippen LogP contribution is 2.41. The Balaban J connectivity index is 2.08. The maximum absolute atomic E-state index is 10.0. The molecule has 0 fully saturated rings. The van der Waals surface area contributed by atoms with E-state index >= 15 is 0 Å². The summed E-state index contributed by atoms with van der Waals surface area (Å²) in [7, 11) is 2.94. The van der Waals surface area contributed by atoms with Gasteiger partial charge in [0.25, 0.3) is 0 Å². The standard InChI is InChI=1S/C18H18N2O4/c1-10-16(11-4-6-13(19)7-5-11)20-18(24-10)12-8-14(22-2)17(21)15(9-12)23-3/h4-9,21H,19H2,1-3H3. The first kappa shape index (κ1) is 15.7. The van der Waals surface area contributed by atoms with Gasteiger partial charge < -0.3 is 24.7 Å². The zero-order valence-electron chi connectivity index (χ0n) is 13.7. The van der Waals surface area contributed by atoms with Gasteiger partial charge in [-0.25, -0.2) is 4.98 Å². The van der Waals surface area contributed by atoms with Crippen LogP contribution in [0.15, 0.2) is 40.8 Å². The van der Waals surface area contributed by atoms with Crippen LogP contribution in [-0.2, 0) is 0 Å². The molecule has 3 rings (SSSR count). The zero-order valence-corrected chi connectivity index (χ0v) is 13.7. The van der Waals surface area contributed by atoms with E-state index in [1.807, 2.05) is 31.2 Å². The lowest BCUT2D eigenvalue weighted by Crippen LogP contribution is -1.91. The SMILES string of the molecule is COc1cc(-c2nc(-c3ccc(N)cc3)c(C)o2)cc(OC)c1O. The van der Waals surface area contributed by atoms with Crippen LogP contribution in [0.5, 0.6) is 17.2 Å². The van der Waals surface area contributed by atoms with Crippen LogP contribution in [0.25, 0.3) is 22.7 Å². The van der Waals surface area contributed by atoms with Crippen molar-refractivity contribution in [2.24, 2.45) is 0 Å². The smallest absolute Gasteiger partial charge is 0.227 e. The molecule has 0 radical (unpaired) electrons. The molecule has 0 spiro atoms. The second kappa shape index (κ2) is 6.16. The Morgan fingerprint density at radius 1 is 1.00 bits per heavy atom. The molecule has 6 heteroatoms. The molecule has 3 N–H and O–H groups in total. The molecule has 124 valence electrons. The molecular weight excluding hydrogens is 308 g/mol. The molecule has 1 heterocycles. The van der Waals surface area contributed by atoms with Gasteiger partial charge in [0.1, 0.15) is 11.5 Å². The molecule has 0 unspecified atom stereocenters. The summed E-state index contributed by atoms with van der Waals surface area (Å²) in [6.07, 6.45) is 0. The van der Waals surface area contributed by atoms with Crippen molar-refractivity contribution in [2.45, 2.75) is 6.92 Å². The molecule has 24 heavy (non-hydrogen) atoms. The minimum Gasteiger partial charge on any atom is -0.502 e. The fourth-order valence-corrected chi connectivity index (χ4v) is 2.45. The summed E-state index contributed by atoms with van der Waals surface area (Å²) in [5, 5.41) is 10.0. The van der Waals surface area contributed by atoms with Gasteiger partial charge in [0.2, 0.25) is 11.6 Å². The summed E-state index contributed by atoms with van der Waals surface area (Å²) in [6, 6.07) is 10.7. The van der Waals surface area contributed by atoms with Crippen molar-refractivity contribution < 1.29 is 19.0 Å². The lowest BCUT2D eigenvalue weighted by atomic mass is 10.1. The van der Waals surface area contributed by atoms with E-state index in [1.165, 1.54) is 14.2 Å². The number of aromatic hydroxyl groups is 1. The Kier molecular flexibility index (Phi) is 4.04. The number of nitrogens with zero attached hydrogens (tertiary/aromatic N) is 1. The maximum atomic E-state index is 10.0. The number of phenols is 1. The minimum absolute atomic E-state index is 0.0641. The van der Waals surface area contributed by atoms with E-state index in [4.69, 9.17) is 19.6 Å². The summed E-state index contributed by atoms with van der Waals surface area (Å²) in [6.45, 7) is 1.84. The maximum Gasteiger partial charge on any atom is 0.227 e. The summed E-state index contributed by atoms with van der Waals surface area (Å²) in [4.78, 5) is 4.56. The van der Waals surface area contributed by atoms with E-state index in [0.717, 1.165) is 11.3 Å². The average Bonchev–Trinajstić information content (AvgIpc) is 2.97. The molecule has 0 amide bonds. The minimum atomic E-state index is -0.0641. The van der Waals surface area contributed by atoms with Crippen molar-refractivity contribution >= 4 is 5.69 Å². The van der Waals surface area contributed by atoms with Gasteiger partial charge in [0.15, 0.2) is 11.5 Å². The van der Waals surface area contributed by atoms with Gasteiger partial charge in [-0.2, -0.15) is 0 Å². The number of phenolic OH excluding ortho intramolecular Hbond substituents is 1. The van der Waals surface area contributed by atoms with Crippen molar-refractivity contribution in [3.63, 3.8) is 0 Å². The molecule has 0 atom stereocenters. The largest absolute Gasteiger partial charge is 0.502 e. The molecule has 6 nitrogen and oxygen atoms in total. The number of anilines is 1. The number of oxazole rings is 1. The van der Waals surface area contributed by atoms with Crippen molar-refractivity contribution in [3.8, 4) is 40.0 Å². The van der Waals surface area contributed by atoms with Crippen LogP contribution in [0, 0.1) is 6.92 Å². The molecular formula is C18H18N2O4. The van der Waals surface area contributed by atoms with Crippen LogP contribution in [0.2, 0.25) is 0 Å². The van der Waals surface area contributed by atoms with E-state index < -0.39 is 0 Å². The van der Waals surface area contributed by atoms with Crippen LogP contribution in [0.1, 0.15) is 5.76 Å². The van der Waals surface area contributed by atoms with Gasteiger partial charge in [-0.3, -0.25) is 0 Å². The molecule has 0 aliphatic rings. The first-order valence-corrected chi connectivity index (χ1v) is 7.32. The number of nitrogen functional groups attached to an aromatic ring is 1. The Morgan fingerprint density at radius 2 is 1.58 bits per heavy atom. The number of nitrogens with two attached hydrogens (primary N) is 1. The Bertz CT molecular complexity index is 844. The number of rotatable bonds is 4. The zero-order chi connectivity index (χ0) is 17.3. The number of hydrogen-bond donors (Lipinski definition) is 2. The monoisotopic (exact) mass is 326 g/mol. The first-order chi connectivity index (χ1) is 11.5. The molecule has 1 aromatic heterocycles. The number of ether oxygens (including phenoxy) is 2. The fourth-order valence-electron chi connectivity index (χ4n) is 2.45. The number of hydrogen-bond acceptors (Lipinski definition) is 6. The van der Waals surface area contributed by atoms with E-state index in [9.17, 15) is 5.11 Å². The van der Waals surface area contributed by atoms with Crippen LogP contribution in [0.3, 0.4) is 0 Å². The Morgan fingerprint density at radius 3 is 2.12 bits per heavy atom. The lowest BCUT2D eigenvalue weighted by Gasteiger charge is -2.09. The lowest BCUT2D eigenvalue weighted by molar-refractivity contribution is 0.340. The number of aromatic nitrogens is 1. The van der Waals surface area contributed by atoms with Crippen LogP contribution in [-0.4, -0.2) is 24.3 Å². The second-order valence-corrected chi connectivity index (χ2v) is 5.28. The third-order valence-electron chi connectivity index (χ3n) is 3.71. The van der Waals surface area contributed by atoms with Gasteiger partial charge in [-0.05, 0) is 31.2 Å². The summed E-state index contributed by atoms with van der Waals surface area (Å²) in [5.74, 6) is 1.60. The second-order valence-electron chi connectivity index (χ2n) is 5.28. The predicted molar refractivity (Wildman–Crippen MR) is 91.3 cm³/mol. The third kappa shape index (κ3) is 2.74. The molecule has 3 aromatic rings. The van der Waals surface area contributed by atoms with E-state index in [1.54, 1.807) is 12.1 Å². The molecule has 0 bridgehead atoms. The number of methoxy groups -OCH3 is 2. The molecule has 0 aliphatic carbocycles. The van der Waals surface area contributed by atoms with Crippen molar-refractivity contribution in [3.05, 3.63) is 42.2 Å². The van der Waals surface area contributed by atoms with Gasteiger partial charge >= 0.3 is 0 Å². The van der Waals surface area contributed by atoms with Gasteiger partial charge in [0.05, 0.1) is 14.2 Å². The molecule has 0 saturated heterocycles. The summed E-state index contributed by atoms with van der Waals surface area (Å²) in [5.41, 5.74) is 8.70. The topological polar surface area (TPSA) is 90.7 Å². The van der Waals surface area contributed by atoms with Crippen molar-refractivity contribution in [2.75, 3.05) is 20.0 Å². The highest BCUT2D eigenvalue weighted by Gasteiger charge is 2.18. The fraction of sp³-hybridized carbons (Fsp3) is 0.167. The van der Waals surface area contributed by atoms with E-state index in [-0.39, 0.29) is 17.2 Å². The first-order valence-electron chi connectivity index (χ1n) is 7.32. The quantitative estimate of drug-likeness (QED) is 0.712. The van der Waals surface area contributed by atoms with Crippen LogP contribution in [0.4, 0.5) is 5.69 Å². The van der Waals surface area contributed by atoms with Crippen molar-refractivity contribution in [1.82, 2.24) is 4.98 Å². The van der Waals surface area contributed by atoms with Gasteiger partial charge in [-0.1, -0.05) is 12.1 Å². The van der Waals surface area contributed by atoms with Crippen LogP contribution >= 0.6 is 0 Å². The Hall–Kier alpha value is -3.15. The average molecular weight is 326 g/mol. The molecule has 0 saturated carbocycles. The van der Waals surface area contributed by atoms with Gasteiger partial charge in [0, 0.05) is 16.8 Å². The van der Waals surface area contributed by atoms with Crippen molar-refractivity contribution in [1.29, 1.82) is 0 Å². The van der Waals surface area contributed by atoms with Gasteiger partial charge in [-0.15, -0.1) is 0 Å². The highest BCUT2D eigenvalue weighted by molar-refractivity contribution is 5.70. The summed E-state index contributed by atoms with van der Waals surface area (Å²) < 4.78 is 16.1. The number of aryl methyl sites for hydroxylation is 1. The third-order valence-corrected chi connectivity index (χ3v) is 3.71. The normalized spacial score (nSPS) is 10.6. The molecule has 2 aromatic carbocycles. The molecule has 0 aliphatic heterocycles. The Labute approximate surface area is 139 Å². The predicted octanol–water partition coefficient (Wildman–Crippen LogP) is 3.62.